The van der Waals surface area contributed by atoms with E-state index in [4.69, 9.17) is 5.73 Å². The molecule has 0 aliphatic carbocycles. The maximum Gasteiger partial charge on any atom is 0.0308 e. The summed E-state index contributed by atoms with van der Waals surface area (Å²) in [4.78, 5) is 0. The van der Waals surface area contributed by atoms with E-state index < -0.39 is 0 Å². The molecule has 0 spiro atoms. The summed E-state index contributed by atoms with van der Waals surface area (Å²) in [7, 11) is 0. The maximum atomic E-state index is 6.18. The van der Waals surface area contributed by atoms with Crippen LogP contribution in [0.3, 0.4) is 0 Å². The molecule has 1 unspecified atom stereocenters. The summed E-state index contributed by atoms with van der Waals surface area (Å²) in [5.74, 6) is 2.32. The van der Waals surface area contributed by atoms with Gasteiger partial charge in [-0.05, 0) is 42.7 Å². The van der Waals surface area contributed by atoms with Crippen LogP contribution >= 0.6 is 11.8 Å². The summed E-state index contributed by atoms with van der Waals surface area (Å²) in [6, 6.07) is 4.79. The van der Waals surface area contributed by atoms with Gasteiger partial charge in [-0.2, -0.15) is 11.8 Å². The summed E-state index contributed by atoms with van der Waals surface area (Å²) >= 11 is 2.00. The average Bonchev–Trinajstić information content (AvgIpc) is 2.27. The topological polar surface area (TPSA) is 26.0 Å². The number of nitrogens with two attached hydrogens (primary N) is 1. The van der Waals surface area contributed by atoms with Gasteiger partial charge in [0.25, 0.3) is 0 Å². The van der Waals surface area contributed by atoms with E-state index in [1.165, 1.54) is 28.0 Å². The fourth-order valence-corrected chi connectivity index (χ4v) is 3.28. The van der Waals surface area contributed by atoms with Crippen molar-refractivity contribution in [3.63, 3.8) is 0 Å². The number of aryl methyl sites for hydroxylation is 2. The number of rotatable bonds is 0. The molecule has 2 N–H and O–H groups in total. The summed E-state index contributed by atoms with van der Waals surface area (Å²) in [6.45, 7) is 4.34. The van der Waals surface area contributed by atoms with Gasteiger partial charge in [0.05, 0.1) is 0 Å². The quantitative estimate of drug-likeness (QED) is 0.708. The third-order valence-corrected chi connectivity index (χ3v) is 3.86. The third kappa shape index (κ3) is 1.82. The van der Waals surface area contributed by atoms with E-state index in [9.17, 15) is 0 Å². The second kappa shape index (κ2) is 3.95. The molecule has 1 nitrogen and oxygen atoms in total. The Morgan fingerprint density at radius 3 is 2.93 bits per heavy atom. The molecule has 1 heterocycles. The second-order valence-corrected chi connectivity index (χ2v) is 5.21. The van der Waals surface area contributed by atoms with E-state index in [-0.39, 0.29) is 6.04 Å². The molecule has 0 bridgehead atoms. The standard InChI is InChI=1S/C12H17NS/c1-8-5-9(2)12-10(6-8)7-14-4-3-11(12)13/h5-6,11H,3-4,7,13H2,1-2H3. The summed E-state index contributed by atoms with van der Waals surface area (Å²) in [5, 5.41) is 0. The van der Waals surface area contributed by atoms with Crippen molar-refractivity contribution in [2.45, 2.75) is 32.1 Å². The second-order valence-electron chi connectivity index (χ2n) is 4.10. The Balaban J connectivity index is 2.53. The molecule has 0 aromatic heterocycles. The first-order chi connectivity index (χ1) is 6.68. The van der Waals surface area contributed by atoms with Gasteiger partial charge in [0.1, 0.15) is 0 Å². The van der Waals surface area contributed by atoms with Crippen LogP contribution in [-0.2, 0) is 5.75 Å². The van der Waals surface area contributed by atoms with Crippen LogP contribution in [0.2, 0.25) is 0 Å². The lowest BCUT2D eigenvalue weighted by atomic mass is 9.93. The molecule has 0 radical (unpaired) electrons. The van der Waals surface area contributed by atoms with E-state index in [1.54, 1.807) is 0 Å². The molecular weight excluding hydrogens is 190 g/mol. The monoisotopic (exact) mass is 207 g/mol. The van der Waals surface area contributed by atoms with Gasteiger partial charge in [0.15, 0.2) is 0 Å². The molecule has 0 fully saturated rings. The van der Waals surface area contributed by atoms with Gasteiger partial charge >= 0.3 is 0 Å². The molecule has 1 atom stereocenters. The van der Waals surface area contributed by atoms with Crippen LogP contribution in [0.5, 0.6) is 0 Å². The van der Waals surface area contributed by atoms with Crippen LogP contribution in [0.15, 0.2) is 12.1 Å². The van der Waals surface area contributed by atoms with Gasteiger partial charge in [0.2, 0.25) is 0 Å². The highest BCUT2D eigenvalue weighted by molar-refractivity contribution is 7.98. The zero-order chi connectivity index (χ0) is 10.1. The van der Waals surface area contributed by atoms with Crippen LogP contribution in [0.1, 0.15) is 34.7 Å². The van der Waals surface area contributed by atoms with Crippen molar-refractivity contribution in [3.05, 3.63) is 34.4 Å². The van der Waals surface area contributed by atoms with E-state index in [0.717, 1.165) is 12.2 Å². The lowest BCUT2D eigenvalue weighted by Crippen LogP contribution is -2.13. The highest BCUT2D eigenvalue weighted by Gasteiger charge is 2.17. The Bertz CT molecular complexity index is 346. The smallest absolute Gasteiger partial charge is 0.0308 e. The minimum Gasteiger partial charge on any atom is -0.324 e. The summed E-state index contributed by atoms with van der Waals surface area (Å²) in [6.07, 6.45) is 1.11. The van der Waals surface area contributed by atoms with Crippen LogP contribution in [0.25, 0.3) is 0 Å². The molecule has 2 heteroatoms. The van der Waals surface area contributed by atoms with Crippen LogP contribution < -0.4 is 5.73 Å². The van der Waals surface area contributed by atoms with Crippen molar-refractivity contribution in [2.75, 3.05) is 5.75 Å². The van der Waals surface area contributed by atoms with Gasteiger partial charge in [-0.15, -0.1) is 0 Å². The van der Waals surface area contributed by atoms with Gasteiger partial charge in [0, 0.05) is 11.8 Å². The fourth-order valence-electron chi connectivity index (χ4n) is 2.25. The first-order valence-corrected chi connectivity index (χ1v) is 6.27. The molecule has 0 saturated heterocycles. The normalized spacial score (nSPS) is 21.5. The van der Waals surface area contributed by atoms with Gasteiger partial charge < -0.3 is 5.73 Å². The zero-order valence-corrected chi connectivity index (χ0v) is 9.66. The Hall–Kier alpha value is -0.470. The first-order valence-electron chi connectivity index (χ1n) is 5.12. The van der Waals surface area contributed by atoms with Crippen LogP contribution in [0.4, 0.5) is 0 Å². The molecule has 1 aliphatic heterocycles. The Morgan fingerprint density at radius 1 is 1.36 bits per heavy atom. The molecule has 1 aromatic carbocycles. The molecule has 0 saturated carbocycles. The first kappa shape index (κ1) is 10.1. The fraction of sp³-hybridized carbons (Fsp3) is 0.500. The zero-order valence-electron chi connectivity index (χ0n) is 8.84. The van der Waals surface area contributed by atoms with Crippen molar-refractivity contribution in [2.24, 2.45) is 5.73 Å². The number of hydrogen-bond donors (Lipinski definition) is 1. The number of hydrogen-bond acceptors (Lipinski definition) is 2. The molecule has 1 aromatic rings. The van der Waals surface area contributed by atoms with E-state index in [0.29, 0.717) is 0 Å². The van der Waals surface area contributed by atoms with Crippen molar-refractivity contribution >= 4 is 11.8 Å². The minimum atomic E-state index is 0.251. The third-order valence-electron chi connectivity index (χ3n) is 2.82. The van der Waals surface area contributed by atoms with Crippen molar-refractivity contribution in [1.29, 1.82) is 0 Å². The summed E-state index contributed by atoms with van der Waals surface area (Å²) < 4.78 is 0. The maximum absolute atomic E-state index is 6.18. The average molecular weight is 207 g/mol. The molecule has 0 amide bonds. The highest BCUT2D eigenvalue weighted by atomic mass is 32.2. The predicted octanol–water partition coefficient (Wildman–Crippen LogP) is 2.94. The van der Waals surface area contributed by atoms with Gasteiger partial charge in [-0.25, -0.2) is 0 Å². The minimum absolute atomic E-state index is 0.251. The van der Waals surface area contributed by atoms with Crippen LogP contribution in [0, 0.1) is 13.8 Å². The highest BCUT2D eigenvalue weighted by Crippen LogP contribution is 2.32. The molecule has 1 aliphatic rings. The molecule has 2 rings (SSSR count). The van der Waals surface area contributed by atoms with Gasteiger partial charge in [-0.3, -0.25) is 0 Å². The van der Waals surface area contributed by atoms with E-state index in [1.807, 2.05) is 11.8 Å². The predicted molar refractivity (Wildman–Crippen MR) is 63.6 cm³/mol. The van der Waals surface area contributed by atoms with E-state index >= 15 is 0 Å². The Morgan fingerprint density at radius 2 is 2.14 bits per heavy atom. The number of fused-ring (bicyclic) bond motifs is 1. The van der Waals surface area contributed by atoms with Gasteiger partial charge in [-0.1, -0.05) is 17.7 Å². The van der Waals surface area contributed by atoms with Crippen LogP contribution in [-0.4, -0.2) is 5.75 Å². The lowest BCUT2D eigenvalue weighted by molar-refractivity contribution is 0.700. The SMILES string of the molecule is Cc1cc(C)c2c(c1)CSCCC2N. The molecule has 14 heavy (non-hydrogen) atoms. The Labute approximate surface area is 90.1 Å². The number of benzene rings is 1. The Kier molecular flexibility index (Phi) is 2.84. The molecule has 76 valence electrons. The largest absolute Gasteiger partial charge is 0.324 e. The number of thioether (sulfide) groups is 1. The lowest BCUT2D eigenvalue weighted by Gasteiger charge is -2.16. The van der Waals surface area contributed by atoms with E-state index in [2.05, 4.69) is 26.0 Å². The van der Waals surface area contributed by atoms with Crippen molar-refractivity contribution in [3.8, 4) is 0 Å². The van der Waals surface area contributed by atoms with Crippen molar-refractivity contribution < 1.29 is 0 Å². The summed E-state index contributed by atoms with van der Waals surface area (Å²) in [5.41, 5.74) is 11.8. The van der Waals surface area contributed by atoms with Crippen molar-refractivity contribution in [1.82, 2.24) is 0 Å². The molecular formula is C12H17NS.